The highest BCUT2D eigenvalue weighted by molar-refractivity contribution is 5.54. The molecule has 1 atom stereocenters. The van der Waals surface area contributed by atoms with Gasteiger partial charge in [-0.3, -0.25) is 0 Å². The third-order valence-corrected chi connectivity index (χ3v) is 2.37. The average Bonchev–Trinajstić information content (AvgIpc) is 2.75. The van der Waals surface area contributed by atoms with Gasteiger partial charge in [-0.25, -0.2) is 0 Å². The maximum atomic E-state index is 8.79. The average molecular weight is 213 g/mol. The molecule has 16 heavy (non-hydrogen) atoms. The van der Waals surface area contributed by atoms with Gasteiger partial charge in [0.2, 0.25) is 5.82 Å². The van der Waals surface area contributed by atoms with E-state index in [1.165, 1.54) is 4.80 Å². The molecule has 1 aromatic carbocycles. The van der Waals surface area contributed by atoms with E-state index in [0.29, 0.717) is 5.82 Å². The van der Waals surface area contributed by atoms with Gasteiger partial charge >= 0.3 is 0 Å². The zero-order valence-electron chi connectivity index (χ0n) is 9.12. The first-order valence-electron chi connectivity index (χ1n) is 4.94. The van der Waals surface area contributed by atoms with Crippen LogP contribution in [0.4, 0.5) is 0 Å². The Morgan fingerprint density at radius 3 is 2.50 bits per heavy atom. The van der Waals surface area contributed by atoms with Crippen molar-refractivity contribution in [1.82, 2.24) is 20.2 Å². The summed E-state index contributed by atoms with van der Waals surface area (Å²) in [6.07, 6.45) is 0. The summed E-state index contributed by atoms with van der Waals surface area (Å²) in [6.45, 7) is 1.87. The number of aryl methyl sites for hydroxylation is 1. The Hall–Kier alpha value is -2.22. The smallest absolute Gasteiger partial charge is 0.198 e. The van der Waals surface area contributed by atoms with Gasteiger partial charge in [-0.05, 0) is 17.7 Å². The highest BCUT2D eigenvalue weighted by Crippen LogP contribution is 2.19. The molecule has 0 aliphatic heterocycles. The van der Waals surface area contributed by atoms with Crippen molar-refractivity contribution in [3.05, 3.63) is 29.8 Å². The van der Waals surface area contributed by atoms with Gasteiger partial charge < -0.3 is 0 Å². The molecule has 1 aromatic heterocycles. The first-order chi connectivity index (χ1) is 7.70. The van der Waals surface area contributed by atoms with Crippen LogP contribution in [0.25, 0.3) is 11.4 Å². The molecule has 5 heteroatoms. The summed E-state index contributed by atoms with van der Waals surface area (Å²) in [5.74, 6) is 0.502. The van der Waals surface area contributed by atoms with Crippen LogP contribution in [0, 0.1) is 11.3 Å². The van der Waals surface area contributed by atoms with Gasteiger partial charge in [-0.1, -0.05) is 24.3 Å². The Kier molecular flexibility index (Phi) is 2.64. The lowest BCUT2D eigenvalue weighted by atomic mass is 10.0. The van der Waals surface area contributed by atoms with Crippen LogP contribution in [0.15, 0.2) is 24.3 Å². The molecule has 2 aromatic rings. The Morgan fingerprint density at radius 1 is 1.31 bits per heavy atom. The van der Waals surface area contributed by atoms with Crippen molar-refractivity contribution in [1.29, 1.82) is 5.26 Å². The molecule has 1 unspecified atom stereocenters. The van der Waals surface area contributed by atoms with Gasteiger partial charge in [0.1, 0.15) is 0 Å². The Labute approximate surface area is 93.3 Å². The minimum atomic E-state index is -0.0936. The normalized spacial score (nSPS) is 12.1. The maximum absolute atomic E-state index is 8.79. The minimum absolute atomic E-state index is 0.0936. The number of benzene rings is 1. The van der Waals surface area contributed by atoms with Gasteiger partial charge in [0.05, 0.1) is 19.0 Å². The third-order valence-electron chi connectivity index (χ3n) is 2.37. The fourth-order valence-corrected chi connectivity index (χ4v) is 1.40. The Balaban J connectivity index is 2.30. The highest BCUT2D eigenvalue weighted by Gasteiger charge is 2.06. The van der Waals surface area contributed by atoms with Crippen LogP contribution in [0.5, 0.6) is 0 Å². The van der Waals surface area contributed by atoms with Crippen LogP contribution >= 0.6 is 0 Å². The Bertz CT molecular complexity index is 520. The fraction of sp³-hybridized carbons (Fsp3) is 0.273. The first-order valence-corrected chi connectivity index (χ1v) is 4.94. The topological polar surface area (TPSA) is 67.4 Å². The molecular formula is C11H11N5. The molecule has 0 amide bonds. The second-order valence-corrected chi connectivity index (χ2v) is 3.58. The number of hydrogen-bond donors (Lipinski definition) is 0. The second-order valence-electron chi connectivity index (χ2n) is 3.58. The van der Waals surface area contributed by atoms with E-state index in [1.54, 1.807) is 7.05 Å². The molecular weight excluding hydrogens is 202 g/mol. The lowest BCUT2D eigenvalue weighted by Gasteiger charge is -2.02. The summed E-state index contributed by atoms with van der Waals surface area (Å²) in [5.41, 5.74) is 1.90. The predicted molar refractivity (Wildman–Crippen MR) is 58.3 cm³/mol. The van der Waals surface area contributed by atoms with Gasteiger partial charge in [-0.2, -0.15) is 10.1 Å². The monoisotopic (exact) mass is 213 g/mol. The molecule has 0 saturated carbocycles. The van der Waals surface area contributed by atoms with E-state index in [2.05, 4.69) is 21.5 Å². The molecule has 0 aliphatic carbocycles. The van der Waals surface area contributed by atoms with Crippen LogP contribution in [0.3, 0.4) is 0 Å². The largest absolute Gasteiger partial charge is 0.204 e. The number of aromatic nitrogens is 4. The summed E-state index contributed by atoms with van der Waals surface area (Å²) >= 11 is 0. The van der Waals surface area contributed by atoms with E-state index in [4.69, 9.17) is 5.26 Å². The molecule has 0 radical (unpaired) electrons. The Morgan fingerprint density at radius 2 is 2.00 bits per heavy atom. The summed E-state index contributed by atoms with van der Waals surface area (Å²) in [6, 6.07) is 9.84. The maximum Gasteiger partial charge on any atom is 0.204 e. The standard InChI is InChI=1S/C11H11N5/c1-8(7-12)9-3-5-10(6-4-9)11-13-15-16(2)14-11/h3-6,8H,1-2H3. The number of nitrogens with zero attached hydrogens (tertiary/aromatic N) is 5. The number of nitriles is 1. The lowest BCUT2D eigenvalue weighted by Crippen LogP contribution is -1.92. The lowest BCUT2D eigenvalue weighted by molar-refractivity contribution is 0.630. The van der Waals surface area contributed by atoms with Crippen LogP contribution < -0.4 is 0 Å². The molecule has 80 valence electrons. The summed E-state index contributed by atoms with van der Waals surface area (Å²) < 4.78 is 0. The molecule has 0 aliphatic rings. The van der Waals surface area contributed by atoms with Gasteiger partial charge in [0.25, 0.3) is 0 Å². The van der Waals surface area contributed by atoms with Gasteiger partial charge in [0, 0.05) is 5.56 Å². The SMILES string of the molecule is CC(C#N)c1ccc(-c2nnn(C)n2)cc1. The van der Waals surface area contributed by atoms with Crippen molar-refractivity contribution < 1.29 is 0 Å². The van der Waals surface area contributed by atoms with E-state index < -0.39 is 0 Å². The van der Waals surface area contributed by atoms with Crippen molar-refractivity contribution in [3.63, 3.8) is 0 Å². The minimum Gasteiger partial charge on any atom is -0.198 e. The predicted octanol–water partition coefficient (Wildman–Crippen LogP) is 1.50. The molecule has 0 saturated heterocycles. The molecule has 0 bridgehead atoms. The molecule has 0 fully saturated rings. The van der Waals surface area contributed by atoms with Crippen molar-refractivity contribution >= 4 is 0 Å². The summed E-state index contributed by atoms with van der Waals surface area (Å²) in [5, 5.41) is 20.6. The third kappa shape index (κ3) is 1.91. The van der Waals surface area contributed by atoms with Crippen LogP contribution in [0.2, 0.25) is 0 Å². The van der Waals surface area contributed by atoms with Crippen LogP contribution in [-0.2, 0) is 7.05 Å². The second kappa shape index (κ2) is 4.11. The number of hydrogen-bond acceptors (Lipinski definition) is 4. The van der Waals surface area contributed by atoms with Gasteiger partial charge in [-0.15, -0.1) is 10.2 Å². The van der Waals surface area contributed by atoms with Crippen molar-refractivity contribution in [2.75, 3.05) is 0 Å². The van der Waals surface area contributed by atoms with E-state index >= 15 is 0 Å². The van der Waals surface area contributed by atoms with E-state index in [0.717, 1.165) is 11.1 Å². The quantitative estimate of drug-likeness (QED) is 0.758. The summed E-state index contributed by atoms with van der Waals surface area (Å²) in [7, 11) is 1.72. The van der Waals surface area contributed by atoms with E-state index in [-0.39, 0.29) is 5.92 Å². The molecule has 2 rings (SSSR count). The fourth-order valence-electron chi connectivity index (χ4n) is 1.40. The first kappa shape index (κ1) is 10.3. The van der Waals surface area contributed by atoms with Crippen molar-refractivity contribution in [2.24, 2.45) is 7.05 Å². The zero-order chi connectivity index (χ0) is 11.5. The van der Waals surface area contributed by atoms with E-state index in [1.807, 2.05) is 31.2 Å². The van der Waals surface area contributed by atoms with Crippen molar-refractivity contribution in [2.45, 2.75) is 12.8 Å². The molecule has 5 nitrogen and oxygen atoms in total. The molecule has 0 spiro atoms. The highest BCUT2D eigenvalue weighted by atomic mass is 15.6. The van der Waals surface area contributed by atoms with E-state index in [9.17, 15) is 0 Å². The van der Waals surface area contributed by atoms with Gasteiger partial charge in [0.15, 0.2) is 0 Å². The van der Waals surface area contributed by atoms with Crippen LogP contribution in [-0.4, -0.2) is 20.2 Å². The van der Waals surface area contributed by atoms with Crippen molar-refractivity contribution in [3.8, 4) is 17.5 Å². The number of rotatable bonds is 2. The molecule has 1 heterocycles. The summed E-state index contributed by atoms with van der Waals surface area (Å²) in [4.78, 5) is 1.42. The van der Waals surface area contributed by atoms with Crippen LogP contribution in [0.1, 0.15) is 18.4 Å². The zero-order valence-corrected chi connectivity index (χ0v) is 9.12. The number of tetrazole rings is 1. The molecule has 0 N–H and O–H groups in total.